The Morgan fingerprint density at radius 1 is 1.03 bits per heavy atom. The summed E-state index contributed by atoms with van der Waals surface area (Å²) < 4.78 is 54.4. The van der Waals surface area contributed by atoms with Crippen molar-refractivity contribution in [2.24, 2.45) is 0 Å². The summed E-state index contributed by atoms with van der Waals surface area (Å²) in [7, 11) is 0. The van der Waals surface area contributed by atoms with Gasteiger partial charge in [0.1, 0.15) is 22.6 Å². The molecule has 11 heteroatoms. The molecule has 4 aromatic rings. The maximum atomic E-state index is 14.9. The van der Waals surface area contributed by atoms with Crippen molar-refractivity contribution in [1.82, 2.24) is 15.3 Å². The van der Waals surface area contributed by atoms with Crippen LogP contribution in [0, 0.1) is 17.5 Å². The number of hydrogen-bond donors (Lipinski definition) is 1. The fourth-order valence-electron chi connectivity index (χ4n) is 5.09. The number of aromatic nitrogens is 2. The van der Waals surface area contributed by atoms with Gasteiger partial charge in [0.2, 0.25) is 0 Å². The predicted octanol–water partition coefficient (Wildman–Crippen LogP) is 5.46. The number of morpholine rings is 1. The fraction of sp³-hybridized carbons (Fsp3) is 0.250. The number of ether oxygens (including phenoxy) is 2. The van der Waals surface area contributed by atoms with E-state index in [-0.39, 0.29) is 44.7 Å². The molecular formula is C28H22ClF3N4O3. The lowest BCUT2D eigenvalue weighted by Gasteiger charge is -2.32. The van der Waals surface area contributed by atoms with Gasteiger partial charge in [-0.1, -0.05) is 29.8 Å². The van der Waals surface area contributed by atoms with Crippen molar-refractivity contribution in [3.05, 3.63) is 82.4 Å². The number of benzene rings is 2. The third-order valence-electron chi connectivity index (χ3n) is 6.91. The number of nitrogens with zero attached hydrogens (tertiary/aromatic N) is 3. The molecule has 39 heavy (non-hydrogen) atoms. The Morgan fingerprint density at radius 2 is 1.79 bits per heavy atom. The van der Waals surface area contributed by atoms with Crippen LogP contribution in [0.2, 0.25) is 5.02 Å². The molecule has 0 saturated carbocycles. The van der Waals surface area contributed by atoms with Gasteiger partial charge in [-0.3, -0.25) is 14.8 Å². The van der Waals surface area contributed by atoms with E-state index in [0.717, 1.165) is 11.6 Å². The highest BCUT2D eigenvalue weighted by Crippen LogP contribution is 2.40. The first-order valence-electron chi connectivity index (χ1n) is 12.4. The summed E-state index contributed by atoms with van der Waals surface area (Å²) in [5.74, 6) is -3.25. The van der Waals surface area contributed by atoms with Crippen LogP contribution in [0.1, 0.15) is 28.4 Å². The first kappa shape index (κ1) is 25.4. The van der Waals surface area contributed by atoms with Gasteiger partial charge in [-0.2, -0.15) is 0 Å². The van der Waals surface area contributed by atoms with Crippen LogP contribution in [0.5, 0.6) is 5.75 Å². The number of rotatable bonds is 4. The molecule has 1 unspecified atom stereocenters. The van der Waals surface area contributed by atoms with Crippen molar-refractivity contribution in [1.29, 1.82) is 0 Å². The average Bonchev–Trinajstić information content (AvgIpc) is 2.95. The second kappa shape index (κ2) is 10.3. The van der Waals surface area contributed by atoms with Crippen molar-refractivity contribution in [2.45, 2.75) is 12.5 Å². The zero-order valence-electron chi connectivity index (χ0n) is 20.5. The summed E-state index contributed by atoms with van der Waals surface area (Å²) >= 11 is 6.39. The largest absolute Gasteiger partial charge is 0.493 e. The van der Waals surface area contributed by atoms with Crippen molar-refractivity contribution < 1.29 is 27.4 Å². The number of amides is 1. The molecule has 0 radical (unpaired) electrons. The maximum Gasteiger partial charge on any atom is 0.255 e. The van der Waals surface area contributed by atoms with Gasteiger partial charge in [0.05, 0.1) is 42.1 Å². The number of hydrogen-bond acceptors (Lipinski definition) is 6. The lowest BCUT2D eigenvalue weighted by atomic mass is 9.99. The lowest BCUT2D eigenvalue weighted by Crippen LogP contribution is -2.39. The molecule has 1 fully saturated rings. The number of nitrogens with one attached hydrogen (secondary N) is 1. The van der Waals surface area contributed by atoms with E-state index in [0.29, 0.717) is 56.8 Å². The Morgan fingerprint density at radius 3 is 2.62 bits per heavy atom. The van der Waals surface area contributed by atoms with E-state index in [9.17, 15) is 18.0 Å². The molecule has 0 bridgehead atoms. The number of carbonyl (C=O) groups is 1. The Balaban J connectivity index is 1.50. The van der Waals surface area contributed by atoms with Crippen LogP contribution in [-0.2, 0) is 4.74 Å². The van der Waals surface area contributed by atoms with Crippen LogP contribution in [-0.4, -0.2) is 48.8 Å². The normalized spacial score (nSPS) is 17.0. The Bertz CT molecular complexity index is 1600. The monoisotopic (exact) mass is 554 g/mol. The smallest absolute Gasteiger partial charge is 0.255 e. The molecule has 1 N–H and O–H groups in total. The quantitative estimate of drug-likeness (QED) is 0.338. The number of anilines is 1. The van der Waals surface area contributed by atoms with Crippen LogP contribution < -0.4 is 15.0 Å². The molecule has 0 spiro atoms. The van der Waals surface area contributed by atoms with Crippen LogP contribution >= 0.6 is 11.6 Å². The van der Waals surface area contributed by atoms with E-state index >= 15 is 0 Å². The predicted molar refractivity (Wildman–Crippen MR) is 140 cm³/mol. The van der Waals surface area contributed by atoms with Crippen LogP contribution in [0.3, 0.4) is 0 Å². The van der Waals surface area contributed by atoms with E-state index in [1.807, 2.05) is 29.2 Å². The van der Waals surface area contributed by atoms with Crippen molar-refractivity contribution in [3.8, 4) is 16.9 Å². The first-order chi connectivity index (χ1) is 18.9. The van der Waals surface area contributed by atoms with E-state index in [4.69, 9.17) is 21.1 Å². The number of pyridine rings is 2. The van der Waals surface area contributed by atoms with Crippen molar-refractivity contribution >= 4 is 34.2 Å². The third kappa shape index (κ3) is 4.63. The zero-order valence-corrected chi connectivity index (χ0v) is 21.3. The Labute approximate surface area is 226 Å². The third-order valence-corrected chi connectivity index (χ3v) is 7.19. The molecule has 2 aliphatic heterocycles. The van der Waals surface area contributed by atoms with Gasteiger partial charge in [-0.25, -0.2) is 13.2 Å². The van der Waals surface area contributed by atoms with E-state index < -0.39 is 17.5 Å². The fourth-order valence-corrected chi connectivity index (χ4v) is 5.33. The summed E-state index contributed by atoms with van der Waals surface area (Å²) in [6.45, 7) is 2.21. The summed E-state index contributed by atoms with van der Waals surface area (Å²) in [6.07, 6.45) is 3.21. The average molecular weight is 555 g/mol. The highest BCUT2D eigenvalue weighted by atomic mass is 35.5. The number of halogens is 4. The number of fused-ring (bicyclic) bond motifs is 2. The molecule has 4 heterocycles. The maximum absolute atomic E-state index is 14.9. The molecule has 6 rings (SSSR count). The molecule has 200 valence electrons. The molecule has 1 amide bonds. The summed E-state index contributed by atoms with van der Waals surface area (Å²) in [6, 6.07) is 8.55. The SMILES string of the molecule is O=C(NC1CCOc2ccccc21)c1cnc2c(-c3cc(F)cc(F)c3F)c(Cl)cnc2c1N1CCOCC1. The highest BCUT2D eigenvalue weighted by molar-refractivity contribution is 6.34. The minimum Gasteiger partial charge on any atom is -0.493 e. The van der Waals surface area contributed by atoms with Crippen LogP contribution in [0.15, 0.2) is 48.8 Å². The lowest BCUT2D eigenvalue weighted by molar-refractivity contribution is 0.0923. The second-order valence-electron chi connectivity index (χ2n) is 9.25. The van der Waals surface area contributed by atoms with Crippen LogP contribution in [0.25, 0.3) is 22.2 Å². The second-order valence-corrected chi connectivity index (χ2v) is 9.66. The zero-order chi connectivity index (χ0) is 27.1. The molecule has 0 aliphatic carbocycles. The van der Waals surface area contributed by atoms with Gasteiger partial charge in [0.25, 0.3) is 5.91 Å². The highest BCUT2D eigenvalue weighted by Gasteiger charge is 2.29. The van der Waals surface area contributed by atoms with E-state index in [1.165, 1.54) is 12.4 Å². The Kier molecular flexibility index (Phi) is 6.74. The molecular weight excluding hydrogens is 533 g/mol. The standard InChI is InChI=1S/C28H22ClF3N4O3/c29-19-14-34-26-25(23(19)17-11-15(30)12-20(31)24(17)32)33-13-18(27(26)36-6-9-38-10-7-36)28(37)35-21-5-8-39-22-4-2-1-3-16(21)22/h1-4,11-14,21H,5-10H2,(H,35,37). The van der Waals surface area contributed by atoms with E-state index in [2.05, 4.69) is 15.3 Å². The van der Waals surface area contributed by atoms with Crippen molar-refractivity contribution in [3.63, 3.8) is 0 Å². The van der Waals surface area contributed by atoms with Gasteiger partial charge >= 0.3 is 0 Å². The summed E-state index contributed by atoms with van der Waals surface area (Å²) in [5.41, 5.74) is 1.53. The topological polar surface area (TPSA) is 76.6 Å². The van der Waals surface area contributed by atoms with Gasteiger partial charge in [0, 0.05) is 54.7 Å². The number of carbonyl (C=O) groups excluding carboxylic acids is 1. The van der Waals surface area contributed by atoms with Gasteiger partial charge in [-0.15, -0.1) is 0 Å². The molecule has 1 atom stereocenters. The first-order valence-corrected chi connectivity index (χ1v) is 12.8. The number of para-hydroxylation sites is 1. The minimum atomic E-state index is -1.35. The summed E-state index contributed by atoms with van der Waals surface area (Å²) in [5, 5.41) is 3.05. The summed E-state index contributed by atoms with van der Waals surface area (Å²) in [4.78, 5) is 24.6. The molecule has 2 aliphatic rings. The van der Waals surface area contributed by atoms with Crippen molar-refractivity contribution in [2.75, 3.05) is 37.8 Å². The molecule has 1 saturated heterocycles. The van der Waals surface area contributed by atoms with Gasteiger partial charge in [0.15, 0.2) is 11.6 Å². The Hall–Kier alpha value is -3.89. The van der Waals surface area contributed by atoms with Gasteiger partial charge in [-0.05, 0) is 12.1 Å². The minimum absolute atomic E-state index is 0.0163. The molecule has 2 aromatic heterocycles. The molecule has 2 aromatic carbocycles. The van der Waals surface area contributed by atoms with Gasteiger partial charge < -0.3 is 19.7 Å². The molecule has 7 nitrogen and oxygen atoms in total. The van der Waals surface area contributed by atoms with Crippen LogP contribution in [0.4, 0.5) is 18.9 Å². The van der Waals surface area contributed by atoms with E-state index in [1.54, 1.807) is 0 Å².